The van der Waals surface area contributed by atoms with Crippen LogP contribution in [0.1, 0.15) is 90.9 Å². The van der Waals surface area contributed by atoms with Gasteiger partial charge in [-0.25, -0.2) is 0 Å². The molecule has 0 atom stereocenters. The predicted octanol–water partition coefficient (Wildman–Crippen LogP) is 6.09. The van der Waals surface area contributed by atoms with Gasteiger partial charge in [0.1, 0.15) is 0 Å². The molecule has 0 amide bonds. The van der Waals surface area contributed by atoms with Crippen molar-refractivity contribution in [1.29, 1.82) is 0 Å². The number of carbonyl (C=O) groups is 2. The lowest BCUT2D eigenvalue weighted by Gasteiger charge is -2.01. The molecule has 0 aromatic heterocycles. The number of ether oxygens (including phenoxy) is 1. The lowest BCUT2D eigenvalue weighted by molar-refractivity contribution is -0.143. The van der Waals surface area contributed by atoms with Crippen molar-refractivity contribution >= 4 is 43.8 Å². The summed E-state index contributed by atoms with van der Waals surface area (Å²) in [6, 6.07) is 0. The van der Waals surface area contributed by atoms with Crippen molar-refractivity contribution in [2.45, 2.75) is 90.9 Å². The van der Waals surface area contributed by atoms with E-state index in [0.29, 0.717) is 19.4 Å². The van der Waals surface area contributed by atoms with E-state index in [1.54, 1.807) is 6.92 Å². The molecule has 27 heavy (non-hydrogen) atoms. The number of aliphatic hydroxyl groups excluding tert-OH is 1. The first-order valence-corrected chi connectivity index (χ1v) is 12.3. The van der Waals surface area contributed by atoms with E-state index in [4.69, 9.17) is 14.9 Å². The molecule has 0 bridgehead atoms. The molecular formula is C20H40Br2O5. The Bertz CT molecular complexity index is 302. The van der Waals surface area contributed by atoms with E-state index in [1.807, 2.05) is 6.92 Å². The van der Waals surface area contributed by atoms with Crippen LogP contribution in [0.4, 0.5) is 0 Å². The number of carboxylic acid groups (broad SMARTS) is 1. The van der Waals surface area contributed by atoms with Crippen molar-refractivity contribution in [2.24, 2.45) is 0 Å². The smallest absolute Gasteiger partial charge is 0.305 e. The van der Waals surface area contributed by atoms with Gasteiger partial charge in [-0.2, -0.15) is 0 Å². The third-order valence-electron chi connectivity index (χ3n) is 3.34. The summed E-state index contributed by atoms with van der Waals surface area (Å²) in [6.07, 6.45) is 12.2. The zero-order valence-corrected chi connectivity index (χ0v) is 20.4. The van der Waals surface area contributed by atoms with Crippen LogP contribution in [-0.4, -0.2) is 46.0 Å². The Balaban J connectivity index is -0.000000376. The summed E-state index contributed by atoms with van der Waals surface area (Å²) < 4.78 is 4.82. The minimum Gasteiger partial charge on any atom is -0.481 e. The second-order valence-corrected chi connectivity index (χ2v) is 7.51. The first-order valence-electron chi connectivity index (χ1n) is 10.1. The van der Waals surface area contributed by atoms with Gasteiger partial charge in [0, 0.05) is 30.1 Å². The van der Waals surface area contributed by atoms with Gasteiger partial charge in [-0.3, -0.25) is 9.59 Å². The third-order valence-corrected chi connectivity index (χ3v) is 4.47. The maximum absolute atomic E-state index is 10.9. The molecule has 0 aliphatic heterocycles. The van der Waals surface area contributed by atoms with Crippen LogP contribution in [-0.2, 0) is 14.3 Å². The van der Waals surface area contributed by atoms with Crippen molar-refractivity contribution in [3.05, 3.63) is 0 Å². The highest BCUT2D eigenvalue weighted by atomic mass is 79.9. The number of alkyl halides is 2. The lowest BCUT2D eigenvalue weighted by atomic mass is 10.1. The largest absolute Gasteiger partial charge is 0.481 e. The molecule has 0 aromatic carbocycles. The van der Waals surface area contributed by atoms with Gasteiger partial charge in [0.25, 0.3) is 0 Å². The Hall–Kier alpha value is -0.140. The Morgan fingerprint density at radius 3 is 1.48 bits per heavy atom. The van der Waals surface area contributed by atoms with Crippen LogP contribution in [0.2, 0.25) is 0 Å². The van der Waals surface area contributed by atoms with E-state index in [0.717, 1.165) is 36.3 Å². The molecule has 0 aliphatic carbocycles. The van der Waals surface area contributed by atoms with Crippen molar-refractivity contribution in [3.63, 3.8) is 0 Å². The second kappa shape index (κ2) is 30.6. The van der Waals surface area contributed by atoms with E-state index >= 15 is 0 Å². The minimum absolute atomic E-state index is 0.0528. The van der Waals surface area contributed by atoms with Crippen LogP contribution in [0, 0.1) is 0 Å². The van der Waals surface area contributed by atoms with Crippen molar-refractivity contribution in [1.82, 2.24) is 0 Å². The summed E-state index contributed by atoms with van der Waals surface area (Å²) in [5.74, 6) is -0.728. The summed E-state index contributed by atoms with van der Waals surface area (Å²) in [7, 11) is 0. The molecule has 0 saturated carbocycles. The summed E-state index contributed by atoms with van der Waals surface area (Å²) in [5, 5.41) is 18.0. The Labute approximate surface area is 182 Å². The molecular weight excluding hydrogens is 480 g/mol. The van der Waals surface area contributed by atoms with Gasteiger partial charge in [0.05, 0.1) is 6.61 Å². The number of carbonyl (C=O) groups excluding carboxylic acids is 1. The van der Waals surface area contributed by atoms with Gasteiger partial charge < -0.3 is 14.9 Å². The quantitative estimate of drug-likeness (QED) is 0.155. The van der Waals surface area contributed by atoms with Crippen LogP contribution in [0.25, 0.3) is 0 Å². The highest BCUT2D eigenvalue weighted by Crippen LogP contribution is 2.07. The van der Waals surface area contributed by atoms with E-state index in [1.165, 1.54) is 38.5 Å². The number of unbranched alkanes of at least 4 members (excludes halogenated alkanes) is 8. The molecule has 164 valence electrons. The number of aliphatic hydroxyl groups is 1. The predicted molar refractivity (Wildman–Crippen MR) is 120 cm³/mol. The maximum Gasteiger partial charge on any atom is 0.305 e. The Morgan fingerprint density at radius 1 is 0.741 bits per heavy atom. The van der Waals surface area contributed by atoms with Gasteiger partial charge in [0.15, 0.2) is 0 Å². The second-order valence-electron chi connectivity index (χ2n) is 5.93. The first-order chi connectivity index (χ1) is 13.0. The van der Waals surface area contributed by atoms with Crippen molar-refractivity contribution < 1.29 is 24.5 Å². The lowest BCUT2D eigenvalue weighted by Crippen LogP contribution is -2.03. The summed E-state index contributed by atoms with van der Waals surface area (Å²) in [6.45, 7) is 4.27. The molecule has 0 spiro atoms. The van der Waals surface area contributed by atoms with Gasteiger partial charge in [0.2, 0.25) is 0 Å². The van der Waals surface area contributed by atoms with Crippen LogP contribution in [0.5, 0.6) is 0 Å². The number of rotatable bonds is 15. The zero-order chi connectivity index (χ0) is 21.2. The summed E-state index contributed by atoms with van der Waals surface area (Å²) in [5.41, 5.74) is 0. The molecule has 0 fully saturated rings. The normalized spacial score (nSPS) is 9.52. The van der Waals surface area contributed by atoms with Gasteiger partial charge in [-0.15, -0.1) is 0 Å². The highest BCUT2D eigenvalue weighted by molar-refractivity contribution is 9.09. The number of esters is 1. The SMILES string of the molecule is CCO.CCOC(=O)CCCCCCCBr.O=C(O)CCCCCCCBr. The third kappa shape index (κ3) is 41.4. The topological polar surface area (TPSA) is 83.8 Å². The monoisotopic (exact) mass is 518 g/mol. The molecule has 0 saturated heterocycles. The number of halogens is 2. The van der Waals surface area contributed by atoms with E-state index in [2.05, 4.69) is 31.9 Å². The average molecular weight is 520 g/mol. The van der Waals surface area contributed by atoms with Gasteiger partial charge in [-0.05, 0) is 39.5 Å². The number of hydrogen-bond acceptors (Lipinski definition) is 4. The number of carboxylic acids is 1. The first kappa shape index (κ1) is 31.6. The van der Waals surface area contributed by atoms with Crippen LogP contribution in [0.15, 0.2) is 0 Å². The number of hydrogen-bond donors (Lipinski definition) is 2. The molecule has 0 radical (unpaired) electrons. The van der Waals surface area contributed by atoms with Crippen molar-refractivity contribution in [3.8, 4) is 0 Å². The van der Waals surface area contributed by atoms with Crippen LogP contribution in [0.3, 0.4) is 0 Å². The molecule has 0 aliphatic rings. The highest BCUT2D eigenvalue weighted by Gasteiger charge is 2.00. The van der Waals surface area contributed by atoms with Gasteiger partial charge >= 0.3 is 11.9 Å². The number of aliphatic carboxylic acids is 1. The Kier molecular flexibility index (Phi) is 35.7. The van der Waals surface area contributed by atoms with Crippen LogP contribution >= 0.6 is 31.9 Å². The maximum atomic E-state index is 10.9. The van der Waals surface area contributed by atoms with Gasteiger partial charge in [-0.1, -0.05) is 70.4 Å². The fraction of sp³-hybridized carbons (Fsp3) is 0.900. The average Bonchev–Trinajstić information content (AvgIpc) is 2.62. The summed E-state index contributed by atoms with van der Waals surface area (Å²) >= 11 is 6.74. The minimum atomic E-state index is -0.675. The van der Waals surface area contributed by atoms with E-state index in [9.17, 15) is 9.59 Å². The summed E-state index contributed by atoms with van der Waals surface area (Å²) in [4.78, 5) is 21.0. The standard InChI is InChI=1S/C10H19BrO2.C8H15BrO2.C2H6O/c1-2-13-10(12)8-6-4-3-5-7-9-11;9-7-5-3-1-2-4-6-8(10)11;1-2-3/h2-9H2,1H3;1-7H2,(H,10,11);3H,2H2,1H3. The molecule has 0 heterocycles. The van der Waals surface area contributed by atoms with E-state index < -0.39 is 5.97 Å². The molecule has 7 heteroatoms. The molecule has 0 aromatic rings. The molecule has 0 rings (SSSR count). The zero-order valence-electron chi connectivity index (χ0n) is 17.2. The van der Waals surface area contributed by atoms with Crippen molar-refractivity contribution in [2.75, 3.05) is 23.9 Å². The molecule has 0 unspecified atom stereocenters. The molecule has 5 nitrogen and oxygen atoms in total. The molecule has 2 N–H and O–H groups in total. The fourth-order valence-electron chi connectivity index (χ4n) is 2.03. The Morgan fingerprint density at radius 2 is 1.11 bits per heavy atom. The van der Waals surface area contributed by atoms with E-state index in [-0.39, 0.29) is 12.6 Å². The van der Waals surface area contributed by atoms with Crippen LogP contribution < -0.4 is 0 Å². The fourth-order valence-corrected chi connectivity index (χ4v) is 2.82.